The number of hydrogen-bond acceptors (Lipinski definition) is 7. The summed E-state index contributed by atoms with van der Waals surface area (Å²) in [6, 6.07) is 6.22. The molecule has 0 unspecified atom stereocenters. The van der Waals surface area contributed by atoms with Gasteiger partial charge in [0.05, 0.1) is 19.5 Å². The SMILES string of the molecule is O[C@H]1[C@@H](O)CO[C@@H]1Cn1cnc2c(NCc3cccc(F)c3)nc(Cl)nc21. The molecule has 1 saturated heterocycles. The molecule has 0 radical (unpaired) electrons. The second-order valence-corrected chi connectivity index (χ2v) is 6.66. The third kappa shape index (κ3) is 3.72. The van der Waals surface area contributed by atoms with Gasteiger partial charge in [-0.2, -0.15) is 9.97 Å². The van der Waals surface area contributed by atoms with Gasteiger partial charge in [0.25, 0.3) is 0 Å². The summed E-state index contributed by atoms with van der Waals surface area (Å²) in [7, 11) is 0. The molecule has 8 nitrogen and oxygen atoms in total. The van der Waals surface area contributed by atoms with E-state index in [9.17, 15) is 14.6 Å². The fourth-order valence-corrected chi connectivity index (χ4v) is 3.19. The maximum atomic E-state index is 13.3. The van der Waals surface area contributed by atoms with Crippen molar-refractivity contribution in [3.63, 3.8) is 0 Å². The number of rotatable bonds is 5. The van der Waals surface area contributed by atoms with Gasteiger partial charge in [0, 0.05) is 6.54 Å². The van der Waals surface area contributed by atoms with Gasteiger partial charge < -0.3 is 24.8 Å². The first kappa shape index (κ1) is 18.1. The Morgan fingerprint density at radius 3 is 2.93 bits per heavy atom. The molecule has 0 bridgehead atoms. The zero-order valence-electron chi connectivity index (χ0n) is 14.1. The number of aromatic nitrogens is 4. The van der Waals surface area contributed by atoms with Crippen molar-refractivity contribution in [1.82, 2.24) is 19.5 Å². The molecule has 3 heterocycles. The average molecular weight is 394 g/mol. The lowest BCUT2D eigenvalue weighted by atomic mass is 10.1. The van der Waals surface area contributed by atoms with E-state index in [4.69, 9.17) is 16.3 Å². The van der Waals surface area contributed by atoms with Crippen LogP contribution in [-0.2, 0) is 17.8 Å². The highest BCUT2D eigenvalue weighted by Gasteiger charge is 2.35. The second-order valence-electron chi connectivity index (χ2n) is 6.32. The Balaban J connectivity index is 1.58. The number of ether oxygens (including phenoxy) is 1. The molecule has 0 spiro atoms. The number of aliphatic hydroxyl groups is 2. The van der Waals surface area contributed by atoms with E-state index in [0.717, 1.165) is 5.56 Å². The Labute approximate surface area is 158 Å². The third-order valence-electron chi connectivity index (χ3n) is 4.42. The van der Waals surface area contributed by atoms with E-state index in [1.165, 1.54) is 12.1 Å². The molecule has 27 heavy (non-hydrogen) atoms. The Hall–Kier alpha value is -2.33. The zero-order valence-corrected chi connectivity index (χ0v) is 14.8. The van der Waals surface area contributed by atoms with Gasteiger partial charge in [-0.3, -0.25) is 0 Å². The predicted octanol–water partition coefficient (Wildman–Crippen LogP) is 1.35. The van der Waals surface area contributed by atoms with Crippen LogP contribution in [0.25, 0.3) is 11.2 Å². The van der Waals surface area contributed by atoms with Crippen molar-refractivity contribution >= 4 is 28.6 Å². The Morgan fingerprint density at radius 1 is 1.33 bits per heavy atom. The number of halogens is 2. The van der Waals surface area contributed by atoms with Crippen LogP contribution in [0.2, 0.25) is 5.28 Å². The minimum atomic E-state index is -0.981. The molecule has 0 amide bonds. The van der Waals surface area contributed by atoms with Crippen LogP contribution >= 0.6 is 11.6 Å². The molecular formula is C17H17ClFN5O3. The lowest BCUT2D eigenvalue weighted by Crippen LogP contribution is -2.32. The Morgan fingerprint density at radius 2 is 2.19 bits per heavy atom. The maximum absolute atomic E-state index is 13.3. The van der Waals surface area contributed by atoms with Crippen molar-refractivity contribution in [3.05, 3.63) is 47.3 Å². The van der Waals surface area contributed by atoms with E-state index in [1.807, 2.05) is 0 Å². The minimum absolute atomic E-state index is 0.0268. The van der Waals surface area contributed by atoms with Crippen LogP contribution in [0, 0.1) is 5.82 Å². The number of nitrogens with one attached hydrogen (secondary N) is 1. The van der Waals surface area contributed by atoms with E-state index >= 15 is 0 Å². The van der Waals surface area contributed by atoms with E-state index in [1.54, 1.807) is 23.0 Å². The van der Waals surface area contributed by atoms with Crippen LogP contribution in [-0.4, -0.2) is 54.7 Å². The molecule has 4 rings (SSSR count). The van der Waals surface area contributed by atoms with Crippen molar-refractivity contribution in [2.75, 3.05) is 11.9 Å². The fraction of sp³-hybridized carbons (Fsp3) is 0.353. The Kier molecular flexibility index (Phi) is 4.92. The standard InChI is InChI=1S/C17H17ClFN5O3/c18-17-22-15(20-5-9-2-1-3-10(19)4-9)13-16(23-17)24(8-21-13)6-12-14(26)11(25)7-27-12/h1-4,8,11-12,14,25-26H,5-7H2,(H,20,22,23)/t11-,12+,14-/m0/s1. The summed E-state index contributed by atoms with van der Waals surface area (Å²) in [4.78, 5) is 12.7. The van der Waals surface area contributed by atoms with Crippen LogP contribution in [0.1, 0.15) is 5.56 Å². The first-order valence-corrected chi connectivity index (χ1v) is 8.73. The largest absolute Gasteiger partial charge is 0.388 e. The molecule has 142 valence electrons. The monoisotopic (exact) mass is 393 g/mol. The summed E-state index contributed by atoms with van der Waals surface area (Å²) in [6.07, 6.45) is -0.921. The van der Waals surface area contributed by atoms with E-state index < -0.39 is 18.3 Å². The third-order valence-corrected chi connectivity index (χ3v) is 4.59. The van der Waals surface area contributed by atoms with Crippen molar-refractivity contribution in [3.8, 4) is 0 Å². The maximum Gasteiger partial charge on any atom is 0.226 e. The van der Waals surface area contributed by atoms with Crippen molar-refractivity contribution < 1.29 is 19.3 Å². The van der Waals surface area contributed by atoms with E-state index in [-0.39, 0.29) is 24.3 Å². The van der Waals surface area contributed by atoms with Crippen LogP contribution in [0.3, 0.4) is 0 Å². The molecule has 3 atom stereocenters. The molecule has 1 aliphatic heterocycles. The van der Waals surface area contributed by atoms with Gasteiger partial charge in [0.15, 0.2) is 17.0 Å². The number of nitrogens with zero attached hydrogens (tertiary/aromatic N) is 4. The molecule has 2 aromatic heterocycles. The van der Waals surface area contributed by atoms with Gasteiger partial charge in [-0.25, -0.2) is 9.37 Å². The number of benzene rings is 1. The van der Waals surface area contributed by atoms with Gasteiger partial charge in [-0.15, -0.1) is 0 Å². The van der Waals surface area contributed by atoms with Crippen molar-refractivity contribution in [2.45, 2.75) is 31.4 Å². The van der Waals surface area contributed by atoms with Crippen LogP contribution in [0.15, 0.2) is 30.6 Å². The normalized spacial score (nSPS) is 22.4. The quantitative estimate of drug-likeness (QED) is 0.562. The van der Waals surface area contributed by atoms with Crippen LogP contribution < -0.4 is 5.32 Å². The van der Waals surface area contributed by atoms with Gasteiger partial charge >= 0.3 is 0 Å². The predicted molar refractivity (Wildman–Crippen MR) is 95.8 cm³/mol. The summed E-state index contributed by atoms with van der Waals surface area (Å²) < 4.78 is 20.4. The van der Waals surface area contributed by atoms with Crippen molar-refractivity contribution in [1.29, 1.82) is 0 Å². The van der Waals surface area contributed by atoms with Crippen LogP contribution in [0.4, 0.5) is 10.2 Å². The molecule has 3 N–H and O–H groups in total. The number of anilines is 1. The van der Waals surface area contributed by atoms with Gasteiger partial charge in [0.2, 0.25) is 5.28 Å². The summed E-state index contributed by atoms with van der Waals surface area (Å²) in [5.74, 6) is 0.0997. The topological polar surface area (TPSA) is 105 Å². The molecule has 0 saturated carbocycles. The molecule has 3 aromatic rings. The molecule has 10 heteroatoms. The summed E-state index contributed by atoms with van der Waals surface area (Å²) in [6.45, 7) is 0.670. The summed E-state index contributed by atoms with van der Waals surface area (Å²) in [5.41, 5.74) is 1.70. The molecule has 1 fully saturated rings. The number of hydrogen-bond donors (Lipinski definition) is 3. The summed E-state index contributed by atoms with van der Waals surface area (Å²) >= 11 is 6.04. The number of fused-ring (bicyclic) bond motifs is 1. The highest BCUT2D eigenvalue weighted by Crippen LogP contribution is 2.24. The zero-order chi connectivity index (χ0) is 19.0. The lowest BCUT2D eigenvalue weighted by Gasteiger charge is -2.15. The first-order chi connectivity index (χ1) is 13.0. The van der Waals surface area contributed by atoms with Gasteiger partial charge in [-0.05, 0) is 29.3 Å². The highest BCUT2D eigenvalue weighted by molar-refractivity contribution is 6.28. The van der Waals surface area contributed by atoms with E-state index in [0.29, 0.717) is 23.5 Å². The molecule has 1 aromatic carbocycles. The Bertz CT molecular complexity index is 969. The average Bonchev–Trinajstić information content (AvgIpc) is 3.18. The molecular weight excluding hydrogens is 377 g/mol. The van der Waals surface area contributed by atoms with Gasteiger partial charge in [-0.1, -0.05) is 12.1 Å². The van der Waals surface area contributed by atoms with Gasteiger partial charge in [0.1, 0.15) is 24.1 Å². The highest BCUT2D eigenvalue weighted by atomic mass is 35.5. The smallest absolute Gasteiger partial charge is 0.226 e. The first-order valence-electron chi connectivity index (χ1n) is 8.35. The lowest BCUT2D eigenvalue weighted by molar-refractivity contribution is 0.0157. The summed E-state index contributed by atoms with van der Waals surface area (Å²) in [5, 5.41) is 22.7. The number of imidazole rings is 1. The van der Waals surface area contributed by atoms with Crippen molar-refractivity contribution in [2.24, 2.45) is 0 Å². The van der Waals surface area contributed by atoms with E-state index in [2.05, 4.69) is 20.3 Å². The minimum Gasteiger partial charge on any atom is -0.388 e. The second kappa shape index (κ2) is 7.35. The van der Waals surface area contributed by atoms with Crippen LogP contribution in [0.5, 0.6) is 0 Å². The number of aliphatic hydroxyl groups excluding tert-OH is 2. The molecule has 0 aliphatic carbocycles. The fourth-order valence-electron chi connectivity index (χ4n) is 3.03. The molecule has 1 aliphatic rings.